The van der Waals surface area contributed by atoms with E-state index in [2.05, 4.69) is 12.0 Å². The van der Waals surface area contributed by atoms with E-state index < -0.39 is 0 Å². The smallest absolute Gasteiger partial charge is 0.138 e. The van der Waals surface area contributed by atoms with Gasteiger partial charge in [-0.25, -0.2) is 0 Å². The number of nitrogens with zero attached hydrogens (tertiary/aromatic N) is 2. The predicted octanol–water partition coefficient (Wildman–Crippen LogP) is 1.35. The van der Waals surface area contributed by atoms with E-state index in [-0.39, 0.29) is 12.4 Å². The van der Waals surface area contributed by atoms with Crippen LogP contribution >= 0.6 is 0 Å². The molecule has 1 aromatic rings. The highest BCUT2D eigenvalue weighted by atomic mass is 16.3. The molecule has 0 fully saturated rings. The molecule has 0 saturated carbocycles. The van der Waals surface area contributed by atoms with E-state index in [0.29, 0.717) is 19.3 Å². The Morgan fingerprint density at radius 2 is 2.25 bits per heavy atom. The van der Waals surface area contributed by atoms with Gasteiger partial charge in [0, 0.05) is 31.7 Å². The van der Waals surface area contributed by atoms with Gasteiger partial charge in [0.25, 0.3) is 0 Å². The largest absolute Gasteiger partial charge is 0.396 e. The van der Waals surface area contributed by atoms with Crippen molar-refractivity contribution in [1.82, 2.24) is 9.78 Å². The summed E-state index contributed by atoms with van der Waals surface area (Å²) in [5, 5.41) is 13.0. The number of aliphatic hydroxyl groups is 1. The number of aliphatic hydroxyl groups excluding tert-OH is 1. The van der Waals surface area contributed by atoms with Gasteiger partial charge in [-0.3, -0.25) is 9.48 Å². The van der Waals surface area contributed by atoms with Crippen LogP contribution in [-0.2, 0) is 24.2 Å². The molecule has 1 N–H and O–H groups in total. The van der Waals surface area contributed by atoms with Gasteiger partial charge in [0.15, 0.2) is 0 Å². The van der Waals surface area contributed by atoms with E-state index >= 15 is 0 Å². The van der Waals surface area contributed by atoms with Gasteiger partial charge in [-0.2, -0.15) is 5.10 Å². The average molecular weight is 224 g/mol. The molecule has 0 aliphatic carbocycles. The molecule has 0 saturated heterocycles. The molecule has 4 heteroatoms. The first-order chi connectivity index (χ1) is 7.71. The third-order valence-electron chi connectivity index (χ3n) is 2.57. The molecule has 16 heavy (non-hydrogen) atoms. The zero-order valence-corrected chi connectivity index (χ0v) is 10.1. The summed E-state index contributed by atoms with van der Waals surface area (Å²) in [4.78, 5) is 11.6. The molecule has 1 aromatic heterocycles. The van der Waals surface area contributed by atoms with Gasteiger partial charge < -0.3 is 5.11 Å². The van der Waals surface area contributed by atoms with E-state index in [9.17, 15) is 4.79 Å². The van der Waals surface area contributed by atoms with Crippen LogP contribution in [0.15, 0.2) is 6.07 Å². The summed E-state index contributed by atoms with van der Waals surface area (Å²) in [6.07, 6.45) is 2.33. The number of ketones is 1. The molecule has 0 aromatic carbocycles. The van der Waals surface area contributed by atoms with Gasteiger partial charge >= 0.3 is 0 Å². The number of carbonyl (C=O) groups is 1. The van der Waals surface area contributed by atoms with Gasteiger partial charge in [0.1, 0.15) is 5.78 Å². The third kappa shape index (κ3) is 3.45. The molecule has 4 nitrogen and oxygen atoms in total. The molecule has 0 spiro atoms. The van der Waals surface area contributed by atoms with Crippen molar-refractivity contribution in [3.05, 3.63) is 17.5 Å². The third-order valence-corrected chi connectivity index (χ3v) is 2.57. The highest BCUT2D eigenvalue weighted by Crippen LogP contribution is 2.08. The predicted molar refractivity (Wildman–Crippen MR) is 62.3 cm³/mol. The summed E-state index contributed by atoms with van der Waals surface area (Å²) >= 11 is 0. The van der Waals surface area contributed by atoms with Crippen molar-refractivity contribution in [2.45, 2.75) is 46.1 Å². The molecular weight excluding hydrogens is 204 g/mol. The molecule has 0 radical (unpaired) electrons. The fourth-order valence-corrected chi connectivity index (χ4v) is 1.67. The summed E-state index contributed by atoms with van der Waals surface area (Å²) in [6, 6.07) is 2.00. The van der Waals surface area contributed by atoms with Crippen LogP contribution < -0.4 is 0 Å². The second-order valence-corrected chi connectivity index (χ2v) is 3.84. The van der Waals surface area contributed by atoms with E-state index in [1.165, 1.54) is 0 Å². The maximum atomic E-state index is 11.6. The number of hydrogen-bond donors (Lipinski definition) is 1. The summed E-state index contributed by atoms with van der Waals surface area (Å²) in [5.41, 5.74) is 2.02. The molecule has 90 valence electrons. The Hall–Kier alpha value is -1.16. The van der Waals surface area contributed by atoms with Crippen LogP contribution in [0, 0.1) is 0 Å². The van der Waals surface area contributed by atoms with Gasteiger partial charge in [-0.1, -0.05) is 6.92 Å². The van der Waals surface area contributed by atoms with Crippen molar-refractivity contribution in [2.75, 3.05) is 6.61 Å². The Balaban J connectivity index is 2.64. The second kappa shape index (κ2) is 6.43. The van der Waals surface area contributed by atoms with Crippen molar-refractivity contribution >= 4 is 5.78 Å². The number of aromatic nitrogens is 2. The molecule has 0 bridgehead atoms. The Kier molecular flexibility index (Phi) is 5.19. The van der Waals surface area contributed by atoms with Crippen LogP contribution in [0.2, 0.25) is 0 Å². The van der Waals surface area contributed by atoms with E-state index in [1.807, 2.05) is 17.7 Å². The topological polar surface area (TPSA) is 55.1 Å². The van der Waals surface area contributed by atoms with Crippen LogP contribution in [0.4, 0.5) is 0 Å². The molecule has 1 rings (SSSR count). The summed E-state index contributed by atoms with van der Waals surface area (Å²) in [6.45, 7) is 4.95. The van der Waals surface area contributed by atoms with Crippen LogP contribution in [-0.4, -0.2) is 27.3 Å². The van der Waals surface area contributed by atoms with Crippen molar-refractivity contribution in [3.63, 3.8) is 0 Å². The zero-order chi connectivity index (χ0) is 12.0. The number of aryl methyl sites for hydroxylation is 2. The van der Waals surface area contributed by atoms with Crippen LogP contribution in [0.5, 0.6) is 0 Å². The maximum Gasteiger partial charge on any atom is 0.138 e. The minimum absolute atomic E-state index is 0.0823. The molecule has 1 heterocycles. The minimum Gasteiger partial charge on any atom is -0.396 e. The monoisotopic (exact) mass is 224 g/mol. The fourth-order valence-electron chi connectivity index (χ4n) is 1.67. The molecular formula is C12H20N2O2. The Bertz CT molecular complexity index is 345. The van der Waals surface area contributed by atoms with Crippen molar-refractivity contribution < 1.29 is 9.90 Å². The number of carbonyl (C=O) groups excluding carboxylic acids is 1. The zero-order valence-electron chi connectivity index (χ0n) is 10.1. The van der Waals surface area contributed by atoms with Gasteiger partial charge in [0.05, 0.1) is 5.69 Å². The fraction of sp³-hybridized carbons (Fsp3) is 0.667. The lowest BCUT2D eigenvalue weighted by Crippen LogP contribution is -2.09. The van der Waals surface area contributed by atoms with Crippen molar-refractivity contribution in [2.24, 2.45) is 0 Å². The number of Topliss-reactive ketones (excluding diaryl/α,β-unsaturated/α-hetero) is 1. The quantitative estimate of drug-likeness (QED) is 0.760. The highest BCUT2D eigenvalue weighted by Gasteiger charge is 2.10. The summed E-state index contributed by atoms with van der Waals surface area (Å²) in [5.74, 6) is 0.173. The van der Waals surface area contributed by atoms with Crippen molar-refractivity contribution in [1.29, 1.82) is 0 Å². The lowest BCUT2D eigenvalue weighted by molar-refractivity contribution is -0.118. The normalized spacial score (nSPS) is 10.7. The highest BCUT2D eigenvalue weighted by molar-refractivity contribution is 5.80. The second-order valence-electron chi connectivity index (χ2n) is 3.84. The average Bonchev–Trinajstić information content (AvgIpc) is 2.68. The van der Waals surface area contributed by atoms with Crippen molar-refractivity contribution in [3.8, 4) is 0 Å². The molecule has 0 unspecified atom stereocenters. The maximum absolute atomic E-state index is 11.6. The van der Waals surface area contributed by atoms with Gasteiger partial charge in [-0.15, -0.1) is 0 Å². The van der Waals surface area contributed by atoms with Crippen LogP contribution in [0.25, 0.3) is 0 Å². The molecule has 0 aliphatic heterocycles. The lowest BCUT2D eigenvalue weighted by Gasteiger charge is -2.03. The molecule has 0 atom stereocenters. The molecule has 0 aliphatic rings. The summed E-state index contributed by atoms with van der Waals surface area (Å²) < 4.78 is 1.88. The number of rotatable bonds is 7. The Morgan fingerprint density at radius 3 is 2.81 bits per heavy atom. The first kappa shape index (κ1) is 12.9. The van der Waals surface area contributed by atoms with E-state index in [1.54, 1.807) is 0 Å². The number of hydrogen-bond acceptors (Lipinski definition) is 3. The molecule has 0 amide bonds. The standard InChI is InChI=1S/C12H20N2O2/c1-3-10-8-11(14(4-2)13-10)9-12(16)6-5-7-15/h8,15H,3-7,9H2,1-2H3. The van der Waals surface area contributed by atoms with E-state index in [0.717, 1.165) is 24.4 Å². The van der Waals surface area contributed by atoms with E-state index in [4.69, 9.17) is 5.11 Å². The van der Waals surface area contributed by atoms with Gasteiger partial charge in [-0.05, 0) is 25.8 Å². The summed E-state index contributed by atoms with van der Waals surface area (Å²) in [7, 11) is 0. The first-order valence-corrected chi connectivity index (χ1v) is 5.89. The van der Waals surface area contributed by atoms with Gasteiger partial charge in [0.2, 0.25) is 0 Å². The first-order valence-electron chi connectivity index (χ1n) is 5.89. The van der Waals surface area contributed by atoms with Crippen LogP contribution in [0.3, 0.4) is 0 Å². The van der Waals surface area contributed by atoms with Crippen LogP contribution in [0.1, 0.15) is 38.1 Å². The lowest BCUT2D eigenvalue weighted by atomic mass is 10.1. The minimum atomic E-state index is 0.0823. The Morgan fingerprint density at radius 1 is 1.50 bits per heavy atom. The Labute approximate surface area is 96.3 Å². The SMILES string of the molecule is CCc1cc(CC(=O)CCCO)n(CC)n1.